The van der Waals surface area contributed by atoms with Gasteiger partial charge in [-0.25, -0.2) is 4.79 Å². The number of aryl methyl sites for hydroxylation is 3. The Morgan fingerprint density at radius 1 is 0.500 bits per heavy atom. The van der Waals surface area contributed by atoms with Gasteiger partial charge in [-0.1, -0.05) is 149 Å². The number of ether oxygens (including phenoxy) is 6. The van der Waals surface area contributed by atoms with E-state index in [0.29, 0.717) is 79.9 Å². The Morgan fingerprint density at radius 2 is 1.02 bits per heavy atom. The van der Waals surface area contributed by atoms with Crippen molar-refractivity contribution in [2.45, 2.75) is 151 Å². The molecule has 0 spiro atoms. The number of rotatable bonds is 7. The van der Waals surface area contributed by atoms with E-state index in [1.54, 1.807) is 18.7 Å². The van der Waals surface area contributed by atoms with Gasteiger partial charge in [0.1, 0.15) is 18.1 Å². The number of carbonyl (C=O) groups excluding carboxylic acids is 1. The lowest BCUT2D eigenvalue weighted by Crippen LogP contribution is -2.15. The molecule has 13 heteroatoms. The predicted molar refractivity (Wildman–Crippen MR) is 333 cm³/mol. The fourth-order valence-corrected chi connectivity index (χ4v) is 10.6. The molecular formula is C69H86N2O10S. The minimum absolute atomic E-state index is 0.112. The summed E-state index contributed by atoms with van der Waals surface area (Å²) in [7, 11) is 5.29. The lowest BCUT2D eigenvalue weighted by atomic mass is 9.96. The first-order valence-corrected chi connectivity index (χ1v) is 29.8. The van der Waals surface area contributed by atoms with Crippen molar-refractivity contribution in [1.82, 2.24) is 9.13 Å². The zero-order chi connectivity index (χ0) is 59.4. The summed E-state index contributed by atoms with van der Waals surface area (Å²) in [5.74, 6) is 6.88. The van der Waals surface area contributed by atoms with Crippen LogP contribution in [0.25, 0.3) is 21.3 Å². The number of ketones is 1. The van der Waals surface area contributed by atoms with Crippen LogP contribution in [0.15, 0.2) is 123 Å². The highest BCUT2D eigenvalue weighted by molar-refractivity contribution is 7.16. The maximum Gasteiger partial charge on any atom is 0.419 e. The number of fused-ring (bicyclic) bond motifs is 6. The molecule has 4 aliphatic rings. The van der Waals surface area contributed by atoms with Gasteiger partial charge in [0.15, 0.2) is 22.9 Å². The topological polar surface area (TPSA) is 130 Å². The second-order valence-electron chi connectivity index (χ2n) is 23.1. The molecule has 0 saturated carbocycles. The first kappa shape index (κ1) is 62.7. The van der Waals surface area contributed by atoms with Crippen LogP contribution in [0.1, 0.15) is 198 Å². The van der Waals surface area contributed by atoms with Crippen LogP contribution < -0.4 is 29.6 Å². The minimum atomic E-state index is -0.305. The van der Waals surface area contributed by atoms with Crippen LogP contribution in [-0.4, -0.2) is 48.6 Å². The Balaban J connectivity index is 0.000000142. The molecule has 1 atom stereocenters. The molecule has 12 rings (SSSR count). The molecule has 0 fully saturated rings. The minimum Gasteiger partial charge on any atom is -0.493 e. The van der Waals surface area contributed by atoms with Gasteiger partial charge in [0.05, 0.1) is 41.7 Å². The number of thiazole rings is 1. The van der Waals surface area contributed by atoms with Crippen molar-refractivity contribution in [1.29, 1.82) is 0 Å². The van der Waals surface area contributed by atoms with E-state index < -0.39 is 0 Å². The summed E-state index contributed by atoms with van der Waals surface area (Å²) in [5.41, 5.74) is 14.9. The van der Waals surface area contributed by atoms with Crippen molar-refractivity contribution >= 4 is 38.4 Å². The highest BCUT2D eigenvalue weighted by Gasteiger charge is 2.22. The Kier molecular flexibility index (Phi) is 22.1. The number of methoxy groups -OCH3 is 1. The first-order chi connectivity index (χ1) is 39.1. The van der Waals surface area contributed by atoms with Gasteiger partial charge in [-0.2, -0.15) is 0 Å². The van der Waals surface area contributed by atoms with Crippen molar-refractivity contribution in [3.63, 3.8) is 0 Å². The second kappa shape index (κ2) is 28.9. The maximum atomic E-state index is 11.4. The van der Waals surface area contributed by atoms with Gasteiger partial charge in [0.2, 0.25) is 6.79 Å². The van der Waals surface area contributed by atoms with E-state index >= 15 is 0 Å². The third-order valence-electron chi connectivity index (χ3n) is 15.2. The molecule has 0 bridgehead atoms. The smallest absolute Gasteiger partial charge is 0.419 e. The van der Waals surface area contributed by atoms with Crippen molar-refractivity contribution < 1.29 is 37.6 Å². The van der Waals surface area contributed by atoms with E-state index in [9.17, 15) is 14.4 Å². The molecule has 1 unspecified atom stereocenters. The summed E-state index contributed by atoms with van der Waals surface area (Å²) >= 11 is 1.32. The highest BCUT2D eigenvalue weighted by Crippen LogP contribution is 2.37. The molecule has 2 aromatic heterocycles. The summed E-state index contributed by atoms with van der Waals surface area (Å²) in [6.45, 7) is 29.1. The molecule has 0 amide bonds. The van der Waals surface area contributed by atoms with Gasteiger partial charge in [0.25, 0.3) is 0 Å². The number of hydrogen-bond donors (Lipinski definition) is 0. The second-order valence-corrected chi connectivity index (χ2v) is 24.1. The average molecular weight is 1140 g/mol. The average Bonchev–Trinajstić information content (AvgIpc) is 4.38. The highest BCUT2D eigenvalue weighted by atomic mass is 32.1. The molecule has 5 heterocycles. The van der Waals surface area contributed by atoms with Gasteiger partial charge in [-0.15, -0.1) is 0 Å². The molecular weight excluding hydrogens is 1050 g/mol. The standard InChI is InChI=1S/C13H18O2.C12H16O2.C12H14O.C11H13NO2.C11H13NOS.C10H12O2/c1-9(2)10-4-5-11-12(14-3)6-7-15-13(11)8-10;1-9(2)10-3-4-12-11(7-10)8-13-5-6-14-12;1-8(2)9-3-5-11-10(7-9)4-6-12(11)13;2*1-7(2)8-4-5-9-10(6-8)14-11(13)12(9)3;1-7(2)8-3-4-9-10(5-8)12-6-11-9/h4-5,8-9,12H,6-7H2,1-3H3;3-4,7,9H,5-6,8H2,1-2H3;3,5,7-8H,4,6H2,1-2H3;2*4-7H,1-3H3;3-5,7H,6H2,1-2H3. The fourth-order valence-electron chi connectivity index (χ4n) is 9.71. The first-order valence-electron chi connectivity index (χ1n) is 29.0. The van der Waals surface area contributed by atoms with Crippen LogP contribution >= 0.6 is 11.3 Å². The molecule has 0 radical (unpaired) electrons. The summed E-state index contributed by atoms with van der Waals surface area (Å²) in [5, 5.41) is 0. The molecule has 0 saturated heterocycles. The lowest BCUT2D eigenvalue weighted by molar-refractivity contribution is 0.0636. The number of carbonyl (C=O) groups is 1. The SMILES string of the molecule is CC(C)c1ccc2c(c1)CCC2=O.CC(C)c1ccc2c(c1)COCCO2.CC(C)c1ccc2c(c1)OCO2.CC(C)c1ccc2c(c1)oc(=O)n2C.CC(C)c1ccc2c(c1)sc(=O)n2C.COC1CCOc2cc(C(C)C)ccc21. The fraction of sp³-hybridized carbons (Fsp3) is 0.435. The summed E-state index contributed by atoms with van der Waals surface area (Å²) in [6.07, 6.45) is 2.80. The molecule has 8 aromatic rings. The number of oxazole rings is 1. The summed E-state index contributed by atoms with van der Waals surface area (Å²) < 4.78 is 42.0. The van der Waals surface area contributed by atoms with E-state index in [0.717, 1.165) is 63.7 Å². The molecule has 1 aliphatic carbocycles. The largest absolute Gasteiger partial charge is 0.493 e. The normalized spacial score (nSPS) is 14.7. The molecule has 0 N–H and O–H groups in total. The lowest BCUT2D eigenvalue weighted by Gasteiger charge is -2.25. The number of Topliss-reactive ketones (excluding diaryl/α,β-unsaturated/α-hetero) is 1. The van der Waals surface area contributed by atoms with Crippen molar-refractivity contribution in [3.05, 3.63) is 185 Å². The van der Waals surface area contributed by atoms with Crippen LogP contribution in [-0.2, 0) is 36.6 Å². The van der Waals surface area contributed by atoms with Crippen LogP contribution in [0.4, 0.5) is 0 Å². The third-order valence-corrected chi connectivity index (χ3v) is 16.2. The summed E-state index contributed by atoms with van der Waals surface area (Å²) in [4.78, 5) is 34.1. The van der Waals surface area contributed by atoms with E-state index in [4.69, 9.17) is 32.8 Å². The molecule has 3 aliphatic heterocycles. The molecule has 438 valence electrons. The Labute approximate surface area is 489 Å². The molecule has 12 nitrogen and oxygen atoms in total. The van der Waals surface area contributed by atoms with Crippen molar-refractivity contribution in [2.24, 2.45) is 14.1 Å². The number of hydrogen-bond acceptors (Lipinski definition) is 11. The van der Waals surface area contributed by atoms with Crippen molar-refractivity contribution in [3.8, 4) is 23.0 Å². The van der Waals surface area contributed by atoms with Gasteiger partial charge in [-0.05, 0) is 135 Å². The quantitative estimate of drug-likeness (QED) is 0.152. The van der Waals surface area contributed by atoms with Crippen LogP contribution in [0.3, 0.4) is 0 Å². The van der Waals surface area contributed by atoms with E-state index in [-0.39, 0.29) is 16.7 Å². The third kappa shape index (κ3) is 16.0. The van der Waals surface area contributed by atoms with E-state index in [1.807, 2.05) is 49.5 Å². The van der Waals surface area contributed by atoms with Crippen molar-refractivity contribution in [2.75, 3.05) is 33.7 Å². The number of benzene rings is 6. The Hall–Kier alpha value is -6.93. The Bertz CT molecular complexity index is 3440. The van der Waals surface area contributed by atoms with Gasteiger partial charge < -0.3 is 37.4 Å². The van der Waals surface area contributed by atoms with E-state index in [1.165, 1.54) is 66.0 Å². The summed E-state index contributed by atoms with van der Waals surface area (Å²) in [6, 6.07) is 37.3. The van der Waals surface area contributed by atoms with Crippen LogP contribution in [0, 0.1) is 0 Å². The van der Waals surface area contributed by atoms with E-state index in [2.05, 4.69) is 150 Å². The predicted octanol–water partition coefficient (Wildman–Crippen LogP) is 16.5. The number of aromatic nitrogens is 2. The number of nitrogens with zero attached hydrogens (tertiary/aromatic N) is 2. The monoisotopic (exact) mass is 1130 g/mol. The zero-order valence-electron chi connectivity index (χ0n) is 51.0. The molecule has 6 aromatic carbocycles. The molecule has 82 heavy (non-hydrogen) atoms. The van der Waals surface area contributed by atoms with Gasteiger partial charge in [-0.3, -0.25) is 14.2 Å². The van der Waals surface area contributed by atoms with Gasteiger partial charge >= 0.3 is 10.6 Å². The maximum absolute atomic E-state index is 11.4. The Morgan fingerprint density at radius 3 is 1.67 bits per heavy atom. The van der Waals surface area contributed by atoms with Crippen LogP contribution in [0.5, 0.6) is 23.0 Å². The van der Waals surface area contributed by atoms with Crippen LogP contribution in [0.2, 0.25) is 0 Å². The zero-order valence-corrected chi connectivity index (χ0v) is 51.8. The van der Waals surface area contributed by atoms with Gasteiger partial charge in [0, 0.05) is 50.7 Å².